The molecule has 1 aromatic rings. The summed E-state index contributed by atoms with van der Waals surface area (Å²) in [5.41, 5.74) is 0.814. The lowest BCUT2D eigenvalue weighted by atomic mass is 10.2. The molecule has 0 aliphatic carbocycles. The van der Waals surface area contributed by atoms with Crippen LogP contribution in [0.4, 0.5) is 0 Å². The van der Waals surface area contributed by atoms with Gasteiger partial charge < -0.3 is 5.32 Å². The van der Waals surface area contributed by atoms with Crippen LogP contribution in [0.2, 0.25) is 0 Å². The number of thioether (sulfide) groups is 1. The van der Waals surface area contributed by atoms with E-state index >= 15 is 0 Å². The first kappa shape index (κ1) is 18.5. The van der Waals surface area contributed by atoms with E-state index in [0.29, 0.717) is 11.4 Å². The van der Waals surface area contributed by atoms with Crippen LogP contribution >= 0.6 is 11.8 Å². The second-order valence-corrected chi connectivity index (χ2v) is 7.97. The average molecular weight is 331 g/mol. The van der Waals surface area contributed by atoms with Crippen LogP contribution in [0.25, 0.3) is 0 Å². The molecule has 0 fully saturated rings. The molecule has 1 rings (SSSR count). The van der Waals surface area contributed by atoms with Gasteiger partial charge in [0, 0.05) is 18.3 Å². The number of hydrogen-bond donors (Lipinski definition) is 2. The first-order chi connectivity index (χ1) is 10.0. The van der Waals surface area contributed by atoms with Crippen molar-refractivity contribution in [1.82, 2.24) is 10.0 Å². The van der Waals surface area contributed by atoms with E-state index in [0.717, 1.165) is 30.0 Å². The van der Waals surface area contributed by atoms with Gasteiger partial charge >= 0.3 is 0 Å². The normalized spacial score (nSPS) is 13.3. The van der Waals surface area contributed by atoms with Gasteiger partial charge in [0.1, 0.15) is 0 Å². The maximum Gasteiger partial charge on any atom is 0.241 e. The second-order valence-electron chi connectivity index (χ2n) is 4.97. The van der Waals surface area contributed by atoms with Crippen LogP contribution in [-0.2, 0) is 16.6 Å². The second kappa shape index (κ2) is 9.46. The molecule has 2 N–H and O–H groups in total. The molecule has 21 heavy (non-hydrogen) atoms. The van der Waals surface area contributed by atoms with Gasteiger partial charge in [0.2, 0.25) is 10.0 Å². The summed E-state index contributed by atoms with van der Waals surface area (Å²) in [6.45, 7) is 7.51. The zero-order valence-corrected chi connectivity index (χ0v) is 14.7. The lowest BCUT2D eigenvalue weighted by molar-refractivity contribution is 0.568. The van der Waals surface area contributed by atoms with E-state index in [4.69, 9.17) is 0 Å². The Morgan fingerprint density at radius 2 is 1.95 bits per heavy atom. The molecule has 0 aliphatic rings. The highest BCUT2D eigenvalue weighted by molar-refractivity contribution is 7.99. The number of nitrogens with one attached hydrogen (secondary N) is 2. The van der Waals surface area contributed by atoms with Crippen molar-refractivity contribution in [2.24, 2.45) is 0 Å². The Bertz CT molecular complexity index is 518. The number of sulfonamides is 1. The van der Waals surface area contributed by atoms with Crippen molar-refractivity contribution >= 4 is 21.8 Å². The molecular formula is C15H26N2O2S2. The molecule has 0 saturated heterocycles. The maximum absolute atomic E-state index is 12.5. The van der Waals surface area contributed by atoms with Crippen molar-refractivity contribution in [3.8, 4) is 0 Å². The summed E-state index contributed by atoms with van der Waals surface area (Å²) in [6, 6.07) is 7.10. The molecule has 4 nitrogen and oxygen atoms in total. The van der Waals surface area contributed by atoms with Crippen molar-refractivity contribution < 1.29 is 8.42 Å². The zero-order chi connectivity index (χ0) is 15.7. The quantitative estimate of drug-likeness (QED) is 0.648. The van der Waals surface area contributed by atoms with E-state index in [2.05, 4.69) is 23.9 Å². The van der Waals surface area contributed by atoms with Gasteiger partial charge in [0.15, 0.2) is 0 Å². The van der Waals surface area contributed by atoms with Gasteiger partial charge in [-0.1, -0.05) is 32.0 Å². The van der Waals surface area contributed by atoms with Crippen LogP contribution in [0, 0.1) is 0 Å². The molecule has 120 valence electrons. The third kappa shape index (κ3) is 6.38. The van der Waals surface area contributed by atoms with E-state index in [9.17, 15) is 8.42 Å². The number of benzene rings is 1. The van der Waals surface area contributed by atoms with Crippen molar-refractivity contribution in [1.29, 1.82) is 0 Å². The predicted molar refractivity (Wildman–Crippen MR) is 91.2 cm³/mol. The van der Waals surface area contributed by atoms with Crippen LogP contribution in [0.15, 0.2) is 29.2 Å². The van der Waals surface area contributed by atoms with E-state index in [1.165, 1.54) is 0 Å². The van der Waals surface area contributed by atoms with Crippen LogP contribution in [-0.4, -0.2) is 32.5 Å². The van der Waals surface area contributed by atoms with Crippen LogP contribution in [0.5, 0.6) is 0 Å². The minimum Gasteiger partial charge on any atom is -0.313 e. The van der Waals surface area contributed by atoms with Crippen LogP contribution in [0.1, 0.15) is 32.8 Å². The van der Waals surface area contributed by atoms with Crippen LogP contribution < -0.4 is 10.0 Å². The van der Waals surface area contributed by atoms with Crippen molar-refractivity contribution in [3.05, 3.63) is 29.8 Å². The molecule has 1 unspecified atom stereocenters. The zero-order valence-electron chi connectivity index (χ0n) is 13.1. The summed E-state index contributed by atoms with van der Waals surface area (Å²) in [5, 5.41) is 3.26. The highest BCUT2D eigenvalue weighted by Crippen LogP contribution is 2.16. The summed E-state index contributed by atoms with van der Waals surface area (Å²) < 4.78 is 27.8. The molecule has 0 amide bonds. The third-order valence-corrected chi connectivity index (χ3v) is 5.77. The van der Waals surface area contributed by atoms with Gasteiger partial charge in [-0.25, -0.2) is 13.1 Å². The third-order valence-electron chi connectivity index (χ3n) is 2.93. The van der Waals surface area contributed by atoms with E-state index in [1.807, 2.05) is 19.1 Å². The fourth-order valence-corrected chi connectivity index (χ4v) is 4.23. The SMILES string of the molecule is CCCNCc1ccccc1S(=O)(=O)NC(C)CSCC. The average Bonchev–Trinajstić information content (AvgIpc) is 2.45. The summed E-state index contributed by atoms with van der Waals surface area (Å²) in [4.78, 5) is 0.377. The Morgan fingerprint density at radius 3 is 2.62 bits per heavy atom. The fourth-order valence-electron chi connectivity index (χ4n) is 1.97. The molecule has 1 aromatic carbocycles. The van der Waals surface area contributed by atoms with Gasteiger partial charge in [0.05, 0.1) is 4.90 Å². The van der Waals surface area contributed by atoms with Gasteiger partial charge in [-0.15, -0.1) is 0 Å². The smallest absolute Gasteiger partial charge is 0.241 e. The summed E-state index contributed by atoms with van der Waals surface area (Å²) in [5.74, 6) is 1.77. The molecule has 0 bridgehead atoms. The number of hydrogen-bond acceptors (Lipinski definition) is 4. The van der Waals surface area contributed by atoms with Gasteiger partial charge in [0.25, 0.3) is 0 Å². The molecule has 1 atom stereocenters. The number of rotatable bonds is 10. The Morgan fingerprint density at radius 1 is 1.24 bits per heavy atom. The fraction of sp³-hybridized carbons (Fsp3) is 0.600. The minimum atomic E-state index is -3.46. The van der Waals surface area contributed by atoms with Gasteiger partial charge in [-0.05, 0) is 37.3 Å². The van der Waals surface area contributed by atoms with Gasteiger partial charge in [-0.2, -0.15) is 11.8 Å². The van der Waals surface area contributed by atoms with E-state index in [-0.39, 0.29) is 6.04 Å². The standard InChI is InChI=1S/C15H26N2O2S2/c1-4-10-16-11-14-8-6-7-9-15(14)21(18,19)17-13(3)12-20-5-2/h6-9,13,16-17H,4-5,10-12H2,1-3H3. The van der Waals surface area contributed by atoms with E-state index in [1.54, 1.807) is 23.9 Å². The Labute approximate surface area is 133 Å². The topological polar surface area (TPSA) is 58.2 Å². The monoisotopic (exact) mass is 330 g/mol. The molecule has 0 heterocycles. The van der Waals surface area contributed by atoms with Crippen molar-refractivity contribution in [2.45, 2.75) is 44.7 Å². The Balaban J connectivity index is 2.82. The first-order valence-corrected chi connectivity index (χ1v) is 10.0. The molecule has 6 heteroatoms. The molecule has 0 radical (unpaired) electrons. The van der Waals surface area contributed by atoms with Crippen molar-refractivity contribution in [3.63, 3.8) is 0 Å². The Hall–Kier alpha value is -0.560. The lowest BCUT2D eigenvalue weighted by Gasteiger charge is -2.16. The van der Waals surface area contributed by atoms with Gasteiger partial charge in [-0.3, -0.25) is 0 Å². The molecule has 0 aliphatic heterocycles. The minimum absolute atomic E-state index is 0.0726. The molecule has 0 aromatic heterocycles. The first-order valence-electron chi connectivity index (χ1n) is 7.40. The summed E-state index contributed by atoms with van der Waals surface area (Å²) >= 11 is 1.73. The highest BCUT2D eigenvalue weighted by Gasteiger charge is 2.20. The van der Waals surface area contributed by atoms with E-state index < -0.39 is 10.0 Å². The maximum atomic E-state index is 12.5. The highest BCUT2D eigenvalue weighted by atomic mass is 32.2. The molecule has 0 saturated carbocycles. The predicted octanol–water partition coefficient (Wildman–Crippen LogP) is 2.61. The molecule has 0 spiro atoms. The molecular weight excluding hydrogens is 304 g/mol. The van der Waals surface area contributed by atoms with Crippen molar-refractivity contribution in [2.75, 3.05) is 18.1 Å². The summed E-state index contributed by atoms with van der Waals surface area (Å²) in [6.07, 6.45) is 1.03. The largest absolute Gasteiger partial charge is 0.313 e. The Kier molecular flexibility index (Phi) is 8.33. The van der Waals surface area contributed by atoms with Crippen LogP contribution in [0.3, 0.4) is 0 Å². The lowest BCUT2D eigenvalue weighted by Crippen LogP contribution is -2.35. The summed E-state index contributed by atoms with van der Waals surface area (Å²) in [7, 11) is -3.46.